The molecule has 0 aromatic carbocycles. The van der Waals surface area contributed by atoms with Gasteiger partial charge in [0.05, 0.1) is 6.04 Å². The Balaban J connectivity index is 1.62. The smallest absolute Gasteiger partial charge is 0.254 e. The van der Waals surface area contributed by atoms with Crippen LogP contribution >= 0.6 is 0 Å². The first-order chi connectivity index (χ1) is 12.1. The maximum Gasteiger partial charge on any atom is 0.254 e. The highest BCUT2D eigenvalue weighted by Crippen LogP contribution is 2.39. The lowest BCUT2D eigenvalue weighted by Crippen LogP contribution is -2.58. The van der Waals surface area contributed by atoms with E-state index in [0.29, 0.717) is 13.1 Å². The Hall–Kier alpha value is -1.99. The van der Waals surface area contributed by atoms with Crippen LogP contribution in [0.2, 0.25) is 0 Å². The van der Waals surface area contributed by atoms with Gasteiger partial charge in [-0.1, -0.05) is 6.07 Å². The number of ether oxygens (including phenoxy) is 1. The predicted molar refractivity (Wildman–Crippen MR) is 90.7 cm³/mol. The summed E-state index contributed by atoms with van der Waals surface area (Å²) in [7, 11) is 2.06. The number of likely N-dealkylation sites (N-methyl/N-ethyl adjacent to an activating group) is 1. The maximum atomic E-state index is 13.2. The fourth-order valence-electron chi connectivity index (χ4n) is 3.71. The van der Waals surface area contributed by atoms with Crippen molar-refractivity contribution in [1.29, 1.82) is 0 Å². The van der Waals surface area contributed by atoms with Crippen molar-refractivity contribution in [3.05, 3.63) is 30.1 Å². The maximum absolute atomic E-state index is 13.2. The molecule has 0 spiro atoms. The molecule has 25 heavy (non-hydrogen) atoms. The van der Waals surface area contributed by atoms with Crippen molar-refractivity contribution in [2.75, 3.05) is 39.8 Å². The second-order valence-corrected chi connectivity index (χ2v) is 7.12. The van der Waals surface area contributed by atoms with Crippen LogP contribution in [-0.2, 0) is 14.3 Å². The van der Waals surface area contributed by atoms with Gasteiger partial charge >= 0.3 is 0 Å². The van der Waals surface area contributed by atoms with E-state index in [2.05, 4.69) is 16.9 Å². The fraction of sp³-hybridized carbons (Fsp3) is 0.611. The van der Waals surface area contributed by atoms with Gasteiger partial charge in [0, 0.05) is 44.6 Å². The topological polar surface area (TPSA) is 66.0 Å². The number of pyridine rings is 1. The molecule has 1 saturated carbocycles. The van der Waals surface area contributed by atoms with Crippen molar-refractivity contribution in [3.63, 3.8) is 0 Å². The first kappa shape index (κ1) is 16.5. The summed E-state index contributed by atoms with van der Waals surface area (Å²) < 4.78 is 5.78. The quantitative estimate of drug-likeness (QED) is 0.788. The summed E-state index contributed by atoms with van der Waals surface area (Å²) in [5.74, 6) is -0.0427. The van der Waals surface area contributed by atoms with Crippen LogP contribution in [0.1, 0.15) is 24.4 Å². The summed E-state index contributed by atoms with van der Waals surface area (Å²) in [6.45, 7) is 3.11. The molecule has 7 nitrogen and oxygen atoms in total. The van der Waals surface area contributed by atoms with Gasteiger partial charge in [-0.3, -0.25) is 14.6 Å². The van der Waals surface area contributed by atoms with E-state index >= 15 is 0 Å². The number of hydrogen-bond donors (Lipinski definition) is 0. The Bertz CT molecular complexity index is 641. The fourth-order valence-corrected chi connectivity index (χ4v) is 3.71. The zero-order valence-corrected chi connectivity index (χ0v) is 14.5. The van der Waals surface area contributed by atoms with Crippen LogP contribution in [0.25, 0.3) is 0 Å². The van der Waals surface area contributed by atoms with Gasteiger partial charge in [0.25, 0.3) is 5.91 Å². The second kappa shape index (κ2) is 6.72. The summed E-state index contributed by atoms with van der Waals surface area (Å²) in [6.07, 6.45) is 4.79. The van der Waals surface area contributed by atoms with E-state index in [1.54, 1.807) is 12.4 Å². The van der Waals surface area contributed by atoms with E-state index in [4.69, 9.17) is 4.74 Å². The highest BCUT2D eigenvalue weighted by atomic mass is 16.5. The van der Waals surface area contributed by atoms with E-state index in [9.17, 15) is 9.59 Å². The molecule has 1 aromatic rings. The monoisotopic (exact) mass is 344 g/mol. The van der Waals surface area contributed by atoms with Gasteiger partial charge in [-0.25, -0.2) is 0 Å². The van der Waals surface area contributed by atoms with E-state index < -0.39 is 6.10 Å². The third kappa shape index (κ3) is 3.26. The third-order valence-corrected chi connectivity index (χ3v) is 5.29. The van der Waals surface area contributed by atoms with Crippen LogP contribution in [0.3, 0.4) is 0 Å². The summed E-state index contributed by atoms with van der Waals surface area (Å²) in [5.41, 5.74) is 0.870. The van der Waals surface area contributed by atoms with Crippen molar-refractivity contribution in [3.8, 4) is 0 Å². The highest BCUT2D eigenvalue weighted by Gasteiger charge is 2.48. The zero-order chi connectivity index (χ0) is 17.4. The summed E-state index contributed by atoms with van der Waals surface area (Å²) >= 11 is 0. The number of amides is 2. The summed E-state index contributed by atoms with van der Waals surface area (Å²) in [4.78, 5) is 35.8. The molecule has 0 unspecified atom stereocenters. The Morgan fingerprint density at radius 1 is 1.24 bits per heavy atom. The SMILES string of the molecule is CN1CCN(C(=O)[C@H]2OCC(=O)N(C3CC3)[C@@H]2c2cccnc2)CC1. The van der Waals surface area contributed by atoms with Crippen molar-refractivity contribution < 1.29 is 14.3 Å². The number of morpholine rings is 1. The molecule has 1 aliphatic carbocycles. The molecule has 3 fully saturated rings. The Morgan fingerprint density at radius 2 is 2.00 bits per heavy atom. The molecule has 0 radical (unpaired) electrons. The van der Waals surface area contributed by atoms with Gasteiger partial charge in [0.15, 0.2) is 6.10 Å². The molecular weight excluding hydrogens is 320 g/mol. The molecule has 4 rings (SSSR count). The van der Waals surface area contributed by atoms with Crippen LogP contribution in [0.4, 0.5) is 0 Å². The molecule has 0 N–H and O–H groups in total. The number of aromatic nitrogens is 1. The van der Waals surface area contributed by atoms with Gasteiger partial charge in [0.2, 0.25) is 5.91 Å². The van der Waals surface area contributed by atoms with Gasteiger partial charge in [-0.05, 0) is 31.5 Å². The number of hydrogen-bond acceptors (Lipinski definition) is 5. The van der Waals surface area contributed by atoms with Gasteiger partial charge in [-0.15, -0.1) is 0 Å². The van der Waals surface area contributed by atoms with E-state index in [0.717, 1.165) is 31.5 Å². The molecule has 3 heterocycles. The predicted octanol–water partition coefficient (Wildman–Crippen LogP) is 0.287. The Morgan fingerprint density at radius 3 is 2.64 bits per heavy atom. The molecular formula is C18H24N4O3. The lowest BCUT2D eigenvalue weighted by Gasteiger charge is -2.43. The van der Waals surface area contributed by atoms with Crippen LogP contribution in [0.5, 0.6) is 0 Å². The van der Waals surface area contributed by atoms with E-state index in [-0.39, 0.29) is 30.5 Å². The average molecular weight is 344 g/mol. The number of carbonyl (C=O) groups is 2. The van der Waals surface area contributed by atoms with Gasteiger partial charge in [0.1, 0.15) is 6.61 Å². The molecule has 2 aliphatic heterocycles. The highest BCUT2D eigenvalue weighted by molar-refractivity contribution is 5.87. The minimum Gasteiger partial charge on any atom is -0.356 e. The minimum atomic E-state index is -0.647. The number of carbonyl (C=O) groups excluding carboxylic acids is 2. The number of rotatable bonds is 3. The molecule has 2 amide bonds. The lowest BCUT2D eigenvalue weighted by molar-refractivity contribution is -0.171. The van der Waals surface area contributed by atoms with Crippen LogP contribution in [0.15, 0.2) is 24.5 Å². The van der Waals surface area contributed by atoms with Gasteiger partial charge in [-0.2, -0.15) is 0 Å². The molecule has 134 valence electrons. The molecule has 7 heteroatoms. The largest absolute Gasteiger partial charge is 0.356 e. The summed E-state index contributed by atoms with van der Waals surface area (Å²) in [5, 5.41) is 0. The average Bonchev–Trinajstić information content (AvgIpc) is 3.47. The number of nitrogens with zero attached hydrogens (tertiary/aromatic N) is 4. The molecule has 2 saturated heterocycles. The zero-order valence-electron chi connectivity index (χ0n) is 14.5. The van der Waals surface area contributed by atoms with Crippen molar-refractivity contribution in [2.24, 2.45) is 0 Å². The van der Waals surface area contributed by atoms with Crippen LogP contribution in [0, 0.1) is 0 Å². The second-order valence-electron chi connectivity index (χ2n) is 7.12. The van der Waals surface area contributed by atoms with E-state index in [1.165, 1.54) is 0 Å². The first-order valence-electron chi connectivity index (χ1n) is 8.95. The lowest BCUT2D eigenvalue weighted by atomic mass is 9.97. The summed E-state index contributed by atoms with van der Waals surface area (Å²) in [6, 6.07) is 3.62. The van der Waals surface area contributed by atoms with Crippen LogP contribution in [-0.4, -0.2) is 83.5 Å². The molecule has 3 aliphatic rings. The molecule has 2 atom stereocenters. The van der Waals surface area contributed by atoms with Crippen molar-refractivity contribution >= 4 is 11.8 Å². The number of piperazine rings is 1. The minimum absolute atomic E-state index is 0.0138. The normalized spacial score (nSPS) is 28.3. The van der Waals surface area contributed by atoms with Crippen molar-refractivity contribution in [1.82, 2.24) is 19.7 Å². The standard InChI is InChI=1S/C18H24N4O3/c1-20-7-9-21(10-8-20)18(24)17-16(13-3-2-6-19-11-13)22(14-4-5-14)15(23)12-25-17/h2-3,6,11,14,16-17H,4-5,7-10,12H2,1H3/t16-,17+/m1/s1. The molecule has 1 aromatic heterocycles. The van der Waals surface area contributed by atoms with Gasteiger partial charge < -0.3 is 19.4 Å². The Labute approximate surface area is 147 Å². The molecule has 0 bridgehead atoms. The first-order valence-corrected chi connectivity index (χ1v) is 8.95. The van der Waals surface area contributed by atoms with E-state index in [1.807, 2.05) is 21.9 Å². The van der Waals surface area contributed by atoms with Crippen LogP contribution < -0.4 is 0 Å². The van der Waals surface area contributed by atoms with Crippen molar-refractivity contribution in [2.45, 2.75) is 31.0 Å². The third-order valence-electron chi connectivity index (χ3n) is 5.29. The Kier molecular flexibility index (Phi) is 4.43.